The van der Waals surface area contributed by atoms with E-state index in [1.54, 1.807) is 10.7 Å². The maximum atomic E-state index is 13.0. The Bertz CT molecular complexity index is 1580. The number of aromatic amines is 1. The molecule has 1 aliphatic rings. The number of amides is 3. The zero-order valence-electron chi connectivity index (χ0n) is 24.6. The Kier molecular flexibility index (Phi) is 8.29. The number of anilines is 2. The number of H-pyrrole nitrogens is 1. The fraction of sp³-hybridized carbons (Fsp3) is 0.333. The first-order chi connectivity index (χ1) is 20.0. The molecule has 0 atom stereocenters. The number of piperidine rings is 1. The van der Waals surface area contributed by atoms with Gasteiger partial charge in [-0.3, -0.25) is 14.9 Å². The van der Waals surface area contributed by atoms with Crippen LogP contribution in [-0.4, -0.2) is 44.7 Å². The minimum absolute atomic E-state index is 0.0463. The lowest BCUT2D eigenvalue weighted by Gasteiger charge is -2.32. The number of carbonyl (C=O) groups is 2. The van der Waals surface area contributed by atoms with E-state index in [9.17, 15) is 14.4 Å². The zero-order valence-corrected chi connectivity index (χ0v) is 24.6. The number of hydrogen-bond donors (Lipinski definition) is 3. The first-order valence-electron chi connectivity index (χ1n) is 14.4. The number of nitrogens with zero attached hydrogens (tertiary/aromatic N) is 3. The van der Waals surface area contributed by atoms with E-state index in [1.807, 2.05) is 66.4 Å². The molecule has 1 aliphatic heterocycles. The molecule has 0 unspecified atom stereocenters. The predicted molar refractivity (Wildman–Crippen MR) is 165 cm³/mol. The van der Waals surface area contributed by atoms with Crippen molar-refractivity contribution < 1.29 is 9.59 Å². The monoisotopic (exact) mass is 566 g/mol. The van der Waals surface area contributed by atoms with Crippen LogP contribution in [0.25, 0.3) is 5.69 Å². The number of rotatable bonds is 6. The van der Waals surface area contributed by atoms with Crippen molar-refractivity contribution in [2.45, 2.75) is 52.4 Å². The minimum atomic E-state index is -0.337. The summed E-state index contributed by atoms with van der Waals surface area (Å²) in [6.07, 6.45) is 4.23. The third kappa shape index (κ3) is 6.97. The van der Waals surface area contributed by atoms with Gasteiger partial charge in [0, 0.05) is 42.5 Å². The van der Waals surface area contributed by atoms with Gasteiger partial charge in [0.25, 0.3) is 5.91 Å². The molecule has 218 valence electrons. The van der Waals surface area contributed by atoms with Crippen molar-refractivity contribution in [3.8, 4) is 5.69 Å². The van der Waals surface area contributed by atoms with Gasteiger partial charge in [-0.05, 0) is 68.0 Å². The minimum Gasteiger partial charge on any atom is -0.339 e. The molecule has 1 fully saturated rings. The maximum absolute atomic E-state index is 13.0. The Hall–Kier alpha value is -4.66. The standard InChI is InChI=1S/C33H38N6O3/c1-22-5-12-27(13-6-22)39-29(20-28(37-39)33(2,3)4)36-32(42)35-26-10-7-23(8-11-26)19-24-15-17-38(18-16-24)31(41)25-9-14-30(40)34-21-25/h5-14,20-21,24H,15-19H2,1-4H3,(H,34,40)(H2,35,36,42). The van der Waals surface area contributed by atoms with Crippen LogP contribution in [0.4, 0.5) is 16.3 Å². The number of nitrogens with one attached hydrogen (secondary N) is 3. The normalized spacial score (nSPS) is 14.0. The Morgan fingerprint density at radius 2 is 1.64 bits per heavy atom. The summed E-state index contributed by atoms with van der Waals surface area (Å²) in [5.41, 5.74) is 4.93. The highest BCUT2D eigenvalue weighted by molar-refractivity contribution is 5.99. The highest BCUT2D eigenvalue weighted by atomic mass is 16.2. The second-order valence-corrected chi connectivity index (χ2v) is 12.1. The van der Waals surface area contributed by atoms with E-state index in [1.165, 1.54) is 17.8 Å². The van der Waals surface area contributed by atoms with Crippen LogP contribution in [0.15, 0.2) is 77.7 Å². The van der Waals surface area contributed by atoms with Crippen molar-refractivity contribution in [3.05, 3.63) is 106 Å². The number of aryl methyl sites for hydroxylation is 1. The van der Waals surface area contributed by atoms with E-state index in [4.69, 9.17) is 5.10 Å². The van der Waals surface area contributed by atoms with Gasteiger partial charge in [0.1, 0.15) is 5.82 Å². The quantitative estimate of drug-likeness (QED) is 0.270. The molecule has 0 radical (unpaired) electrons. The molecule has 1 saturated heterocycles. The highest BCUT2D eigenvalue weighted by Crippen LogP contribution is 2.27. The Morgan fingerprint density at radius 1 is 0.952 bits per heavy atom. The molecule has 0 saturated carbocycles. The molecule has 3 heterocycles. The Morgan fingerprint density at radius 3 is 2.26 bits per heavy atom. The summed E-state index contributed by atoms with van der Waals surface area (Å²) >= 11 is 0. The number of aromatic nitrogens is 3. The molecule has 3 N–H and O–H groups in total. The molecule has 0 bridgehead atoms. The largest absolute Gasteiger partial charge is 0.339 e. The van der Waals surface area contributed by atoms with Crippen LogP contribution in [0.1, 0.15) is 60.8 Å². The molecule has 9 heteroatoms. The van der Waals surface area contributed by atoms with Gasteiger partial charge in [-0.1, -0.05) is 50.6 Å². The molecular formula is C33H38N6O3. The summed E-state index contributed by atoms with van der Waals surface area (Å²) < 4.78 is 1.77. The Labute approximate surface area is 246 Å². The number of urea groups is 1. The van der Waals surface area contributed by atoms with Gasteiger partial charge in [0.05, 0.1) is 16.9 Å². The second-order valence-electron chi connectivity index (χ2n) is 12.1. The molecule has 0 spiro atoms. The fourth-order valence-electron chi connectivity index (χ4n) is 5.12. The summed E-state index contributed by atoms with van der Waals surface area (Å²) in [6.45, 7) is 9.71. The van der Waals surface area contributed by atoms with Crippen LogP contribution in [0.3, 0.4) is 0 Å². The molecule has 5 rings (SSSR count). The maximum Gasteiger partial charge on any atom is 0.324 e. The average molecular weight is 567 g/mol. The van der Waals surface area contributed by atoms with Crippen molar-refractivity contribution in [3.63, 3.8) is 0 Å². The molecule has 0 aliphatic carbocycles. The van der Waals surface area contributed by atoms with E-state index < -0.39 is 0 Å². The van der Waals surface area contributed by atoms with Crippen LogP contribution in [0.5, 0.6) is 0 Å². The van der Waals surface area contributed by atoms with E-state index in [0.29, 0.717) is 36.1 Å². The number of hydrogen-bond acceptors (Lipinski definition) is 4. The van der Waals surface area contributed by atoms with Crippen molar-refractivity contribution in [2.24, 2.45) is 5.92 Å². The van der Waals surface area contributed by atoms with Crippen LogP contribution in [0, 0.1) is 12.8 Å². The summed E-state index contributed by atoms with van der Waals surface area (Å²) in [7, 11) is 0. The summed E-state index contributed by atoms with van der Waals surface area (Å²) in [5.74, 6) is 1.03. The van der Waals surface area contributed by atoms with Crippen molar-refractivity contribution in [1.82, 2.24) is 19.7 Å². The van der Waals surface area contributed by atoms with Crippen LogP contribution in [0.2, 0.25) is 0 Å². The summed E-state index contributed by atoms with van der Waals surface area (Å²) in [5, 5.41) is 10.7. The van der Waals surface area contributed by atoms with Crippen LogP contribution in [-0.2, 0) is 11.8 Å². The molecule has 9 nitrogen and oxygen atoms in total. The third-order valence-corrected chi connectivity index (χ3v) is 7.67. The molecule has 2 aromatic carbocycles. The van der Waals surface area contributed by atoms with Gasteiger partial charge in [0.15, 0.2) is 0 Å². The Balaban J connectivity index is 1.16. The van der Waals surface area contributed by atoms with Gasteiger partial charge >= 0.3 is 6.03 Å². The van der Waals surface area contributed by atoms with Crippen molar-refractivity contribution in [1.29, 1.82) is 0 Å². The molecule has 3 amide bonds. The summed E-state index contributed by atoms with van der Waals surface area (Å²) in [4.78, 5) is 41.4. The van der Waals surface area contributed by atoms with E-state index in [-0.39, 0.29) is 22.9 Å². The van der Waals surface area contributed by atoms with Gasteiger partial charge in [-0.2, -0.15) is 5.10 Å². The smallest absolute Gasteiger partial charge is 0.324 e. The molecule has 42 heavy (non-hydrogen) atoms. The van der Waals surface area contributed by atoms with E-state index >= 15 is 0 Å². The van der Waals surface area contributed by atoms with E-state index in [0.717, 1.165) is 36.2 Å². The van der Waals surface area contributed by atoms with Crippen LogP contribution >= 0.6 is 0 Å². The number of benzene rings is 2. The van der Waals surface area contributed by atoms with Gasteiger partial charge in [0.2, 0.25) is 5.56 Å². The number of likely N-dealkylation sites (tertiary alicyclic amines) is 1. The first kappa shape index (κ1) is 28.9. The van der Waals surface area contributed by atoms with Crippen molar-refractivity contribution in [2.75, 3.05) is 23.7 Å². The number of carbonyl (C=O) groups excluding carboxylic acids is 2. The van der Waals surface area contributed by atoms with Crippen LogP contribution < -0.4 is 16.2 Å². The SMILES string of the molecule is Cc1ccc(-n2nc(C(C)(C)C)cc2NC(=O)Nc2ccc(CC3CCN(C(=O)c4ccc(=O)[nH]c4)CC3)cc2)cc1. The molecular weight excluding hydrogens is 528 g/mol. The fourth-order valence-corrected chi connectivity index (χ4v) is 5.12. The highest BCUT2D eigenvalue weighted by Gasteiger charge is 2.24. The second kappa shape index (κ2) is 12.1. The lowest BCUT2D eigenvalue weighted by atomic mass is 9.90. The predicted octanol–water partition coefficient (Wildman–Crippen LogP) is 5.91. The zero-order chi connectivity index (χ0) is 29.9. The topological polar surface area (TPSA) is 112 Å². The van der Waals surface area contributed by atoms with E-state index in [2.05, 4.69) is 36.4 Å². The third-order valence-electron chi connectivity index (χ3n) is 7.67. The lowest BCUT2D eigenvalue weighted by Crippen LogP contribution is -2.39. The summed E-state index contributed by atoms with van der Waals surface area (Å²) in [6, 6.07) is 20.5. The first-order valence-corrected chi connectivity index (χ1v) is 14.4. The average Bonchev–Trinajstić information content (AvgIpc) is 3.39. The molecule has 4 aromatic rings. The molecule has 2 aromatic heterocycles. The van der Waals surface area contributed by atoms with Gasteiger partial charge in [-0.15, -0.1) is 0 Å². The number of pyridine rings is 1. The van der Waals surface area contributed by atoms with Gasteiger partial charge < -0.3 is 15.2 Å². The van der Waals surface area contributed by atoms with Gasteiger partial charge in [-0.25, -0.2) is 9.48 Å². The lowest BCUT2D eigenvalue weighted by molar-refractivity contribution is 0.0690. The van der Waals surface area contributed by atoms with Crippen molar-refractivity contribution >= 4 is 23.4 Å².